The molecule has 28 heavy (non-hydrogen) atoms. The van der Waals surface area contributed by atoms with Gasteiger partial charge >= 0.3 is 0 Å². The predicted octanol–water partition coefficient (Wildman–Crippen LogP) is 3.85. The molecule has 0 saturated carbocycles. The Bertz CT molecular complexity index is 1120. The first-order chi connectivity index (χ1) is 13.7. The number of benzene rings is 2. The monoisotopic (exact) mass is 373 g/mol. The number of anilines is 1. The zero-order valence-electron chi connectivity index (χ0n) is 14.7. The van der Waals surface area contributed by atoms with Crippen LogP contribution in [0.3, 0.4) is 0 Å². The molecular weight excluding hydrogens is 357 g/mol. The number of nitrogens with one attached hydrogen (secondary N) is 1. The van der Waals surface area contributed by atoms with E-state index in [-0.39, 0.29) is 5.91 Å². The lowest BCUT2D eigenvalue weighted by atomic mass is 10.2. The number of rotatable bonds is 5. The zero-order valence-corrected chi connectivity index (χ0v) is 14.7. The van der Waals surface area contributed by atoms with Gasteiger partial charge in [0.25, 0.3) is 0 Å². The third-order valence-corrected chi connectivity index (χ3v) is 4.05. The van der Waals surface area contributed by atoms with Crippen molar-refractivity contribution in [1.29, 1.82) is 0 Å². The fourth-order valence-electron chi connectivity index (χ4n) is 2.70. The van der Waals surface area contributed by atoms with E-state index in [1.807, 2.05) is 36.5 Å². The lowest BCUT2D eigenvalue weighted by Crippen LogP contribution is -2.08. The van der Waals surface area contributed by atoms with Gasteiger partial charge in [0.15, 0.2) is 0 Å². The maximum absolute atomic E-state index is 14.2. The number of amides is 1. The first-order valence-corrected chi connectivity index (χ1v) is 8.56. The molecule has 2 aromatic heterocycles. The molecule has 4 aromatic rings. The fourth-order valence-corrected chi connectivity index (χ4v) is 2.70. The summed E-state index contributed by atoms with van der Waals surface area (Å²) < 4.78 is 17.5. The minimum atomic E-state index is -0.455. The van der Waals surface area contributed by atoms with Gasteiger partial charge in [0, 0.05) is 35.9 Å². The van der Waals surface area contributed by atoms with Crippen molar-refractivity contribution in [3.63, 3.8) is 0 Å². The molecule has 4 rings (SSSR count). The molecule has 0 bridgehead atoms. The van der Waals surface area contributed by atoms with Crippen molar-refractivity contribution in [1.82, 2.24) is 19.3 Å². The SMILES string of the molecule is O=C(/C=C/c1cnn(-c2ccccc2)c1)Nc1ccc(-n2ccnc2)c(F)c1. The number of carbonyl (C=O) groups is 1. The van der Waals surface area contributed by atoms with E-state index in [0.717, 1.165) is 11.3 Å². The van der Waals surface area contributed by atoms with Gasteiger partial charge in [-0.15, -0.1) is 0 Å². The van der Waals surface area contributed by atoms with Crippen LogP contribution >= 0.6 is 0 Å². The molecule has 0 atom stereocenters. The normalized spacial score (nSPS) is 11.0. The van der Waals surface area contributed by atoms with E-state index in [1.54, 1.807) is 46.0 Å². The Hall–Kier alpha value is -4.00. The molecular formula is C21H16FN5O. The Morgan fingerprint density at radius 2 is 2.00 bits per heavy atom. The quantitative estimate of drug-likeness (QED) is 0.541. The van der Waals surface area contributed by atoms with Crippen LogP contribution in [0.1, 0.15) is 5.56 Å². The minimum Gasteiger partial charge on any atom is -0.322 e. The standard InChI is InChI=1S/C21H16FN5O/c22-19-12-17(7-8-20(19)26-11-10-23-15-26)25-21(28)9-6-16-13-24-27(14-16)18-4-2-1-3-5-18/h1-15H,(H,25,28)/b9-6+. The molecule has 1 amide bonds. The second-order valence-corrected chi connectivity index (χ2v) is 6.01. The zero-order chi connectivity index (χ0) is 19.3. The van der Waals surface area contributed by atoms with Crippen LogP contribution in [0.25, 0.3) is 17.5 Å². The highest BCUT2D eigenvalue weighted by Gasteiger charge is 2.07. The van der Waals surface area contributed by atoms with Gasteiger partial charge in [0.05, 0.1) is 23.9 Å². The van der Waals surface area contributed by atoms with Crippen molar-refractivity contribution in [2.75, 3.05) is 5.32 Å². The van der Waals surface area contributed by atoms with Gasteiger partial charge in [-0.2, -0.15) is 5.10 Å². The Balaban J connectivity index is 1.42. The van der Waals surface area contributed by atoms with Crippen LogP contribution in [0.15, 0.2) is 85.7 Å². The van der Waals surface area contributed by atoms with Gasteiger partial charge in [0.1, 0.15) is 5.82 Å². The predicted molar refractivity (Wildman–Crippen MR) is 105 cm³/mol. The highest BCUT2D eigenvalue weighted by Crippen LogP contribution is 2.18. The molecule has 0 radical (unpaired) electrons. The molecule has 138 valence electrons. The number of para-hydroxylation sites is 1. The summed E-state index contributed by atoms with van der Waals surface area (Å²) in [6.45, 7) is 0. The Labute approximate surface area is 160 Å². The summed E-state index contributed by atoms with van der Waals surface area (Å²) in [6, 6.07) is 14.2. The fraction of sp³-hybridized carbons (Fsp3) is 0. The smallest absolute Gasteiger partial charge is 0.248 e. The maximum Gasteiger partial charge on any atom is 0.248 e. The molecule has 1 N–H and O–H groups in total. The largest absolute Gasteiger partial charge is 0.322 e. The number of aromatic nitrogens is 4. The van der Waals surface area contributed by atoms with Gasteiger partial charge in [-0.3, -0.25) is 4.79 Å². The highest BCUT2D eigenvalue weighted by molar-refractivity contribution is 6.01. The summed E-state index contributed by atoms with van der Waals surface area (Å²) in [7, 11) is 0. The van der Waals surface area contributed by atoms with E-state index < -0.39 is 5.82 Å². The molecule has 7 heteroatoms. The summed E-state index contributed by atoms with van der Waals surface area (Å²) in [5.41, 5.74) is 2.44. The highest BCUT2D eigenvalue weighted by atomic mass is 19.1. The maximum atomic E-state index is 14.2. The van der Waals surface area contributed by atoms with Gasteiger partial charge in [-0.25, -0.2) is 14.1 Å². The molecule has 0 spiro atoms. The number of hydrogen-bond acceptors (Lipinski definition) is 3. The van der Waals surface area contributed by atoms with Crippen molar-refractivity contribution in [3.05, 3.63) is 97.1 Å². The third kappa shape index (κ3) is 3.88. The molecule has 0 fully saturated rings. The average molecular weight is 373 g/mol. The molecule has 0 unspecified atom stereocenters. The first kappa shape index (κ1) is 17.4. The van der Waals surface area contributed by atoms with E-state index in [1.165, 1.54) is 18.5 Å². The lowest BCUT2D eigenvalue weighted by molar-refractivity contribution is -0.111. The van der Waals surface area contributed by atoms with Gasteiger partial charge in [0.2, 0.25) is 5.91 Å². The Kier molecular flexibility index (Phi) is 4.79. The van der Waals surface area contributed by atoms with Crippen molar-refractivity contribution in [2.45, 2.75) is 0 Å². The summed E-state index contributed by atoms with van der Waals surface area (Å²) >= 11 is 0. The average Bonchev–Trinajstić information content (AvgIpc) is 3.39. The molecule has 0 aliphatic carbocycles. The minimum absolute atomic E-state index is 0.359. The Morgan fingerprint density at radius 1 is 1.14 bits per heavy atom. The van der Waals surface area contributed by atoms with Crippen molar-refractivity contribution >= 4 is 17.7 Å². The van der Waals surface area contributed by atoms with E-state index in [0.29, 0.717) is 11.4 Å². The topological polar surface area (TPSA) is 64.7 Å². The lowest BCUT2D eigenvalue weighted by Gasteiger charge is -2.07. The second-order valence-electron chi connectivity index (χ2n) is 6.01. The summed E-state index contributed by atoms with van der Waals surface area (Å²) in [5, 5.41) is 6.92. The van der Waals surface area contributed by atoms with E-state index in [9.17, 15) is 9.18 Å². The first-order valence-electron chi connectivity index (χ1n) is 8.56. The van der Waals surface area contributed by atoms with Crippen LogP contribution in [0.5, 0.6) is 0 Å². The van der Waals surface area contributed by atoms with Crippen LogP contribution in [-0.4, -0.2) is 25.2 Å². The van der Waals surface area contributed by atoms with E-state index in [4.69, 9.17) is 0 Å². The van der Waals surface area contributed by atoms with Crippen LogP contribution in [0.4, 0.5) is 10.1 Å². The molecule has 0 aliphatic heterocycles. The molecule has 0 saturated heterocycles. The van der Waals surface area contributed by atoms with Gasteiger partial charge in [-0.05, 0) is 36.4 Å². The van der Waals surface area contributed by atoms with Crippen LogP contribution < -0.4 is 5.32 Å². The van der Waals surface area contributed by atoms with Crippen molar-refractivity contribution in [3.8, 4) is 11.4 Å². The van der Waals surface area contributed by atoms with E-state index in [2.05, 4.69) is 15.4 Å². The summed E-state index contributed by atoms with van der Waals surface area (Å²) in [6.07, 6.45) is 11.2. The number of carbonyl (C=O) groups excluding carboxylic acids is 1. The molecule has 2 heterocycles. The second kappa shape index (κ2) is 7.71. The Morgan fingerprint density at radius 3 is 2.75 bits per heavy atom. The third-order valence-electron chi connectivity index (χ3n) is 4.05. The molecule has 6 nitrogen and oxygen atoms in total. The number of halogens is 1. The summed E-state index contributed by atoms with van der Waals surface area (Å²) in [5.74, 6) is -0.814. The number of nitrogens with zero attached hydrogens (tertiary/aromatic N) is 4. The van der Waals surface area contributed by atoms with Crippen LogP contribution in [-0.2, 0) is 4.79 Å². The van der Waals surface area contributed by atoms with Crippen molar-refractivity contribution < 1.29 is 9.18 Å². The number of hydrogen-bond donors (Lipinski definition) is 1. The van der Waals surface area contributed by atoms with Gasteiger partial charge in [-0.1, -0.05) is 18.2 Å². The summed E-state index contributed by atoms with van der Waals surface area (Å²) in [4.78, 5) is 16.0. The molecule has 0 aliphatic rings. The van der Waals surface area contributed by atoms with Crippen molar-refractivity contribution in [2.24, 2.45) is 0 Å². The molecule has 2 aromatic carbocycles. The number of imidazole rings is 1. The van der Waals surface area contributed by atoms with Crippen LogP contribution in [0, 0.1) is 5.82 Å². The van der Waals surface area contributed by atoms with E-state index >= 15 is 0 Å². The van der Waals surface area contributed by atoms with Crippen LogP contribution in [0.2, 0.25) is 0 Å². The van der Waals surface area contributed by atoms with Gasteiger partial charge < -0.3 is 9.88 Å².